The first-order valence-corrected chi connectivity index (χ1v) is 7.41. The zero-order valence-electron chi connectivity index (χ0n) is 11.8. The molecule has 21 heavy (non-hydrogen) atoms. The van der Waals surface area contributed by atoms with Gasteiger partial charge in [-0.1, -0.05) is 54.6 Å². The van der Waals surface area contributed by atoms with E-state index in [0.29, 0.717) is 6.54 Å². The summed E-state index contributed by atoms with van der Waals surface area (Å²) in [6.07, 6.45) is 0.809. The van der Waals surface area contributed by atoms with Crippen LogP contribution in [0.2, 0.25) is 0 Å². The van der Waals surface area contributed by atoms with Crippen LogP contribution in [-0.2, 0) is 0 Å². The summed E-state index contributed by atoms with van der Waals surface area (Å²) in [5, 5.41) is 7.78. The highest BCUT2D eigenvalue weighted by atomic mass is 14.7. The molecule has 4 rings (SSSR count). The average molecular weight is 274 g/mol. The van der Waals surface area contributed by atoms with E-state index in [0.717, 1.165) is 6.42 Å². The van der Waals surface area contributed by atoms with Crippen LogP contribution >= 0.6 is 0 Å². The van der Waals surface area contributed by atoms with Gasteiger partial charge in [0, 0.05) is 6.04 Å². The van der Waals surface area contributed by atoms with Crippen molar-refractivity contribution in [2.24, 2.45) is 11.5 Å². The molecule has 0 saturated carbocycles. The molecule has 0 aromatic heterocycles. The summed E-state index contributed by atoms with van der Waals surface area (Å²) in [6.45, 7) is 0.614. The molecule has 4 aromatic rings. The standard InChI is InChI=1S/C19H18N2/c20-11-10-17(21)15-8-6-14-5-4-12-2-1-3-13-7-9-16(15)19(14)18(12)13/h1-9,17H,10-11,20-21H2/t17-/m0/s1. The first-order chi connectivity index (χ1) is 10.3. The van der Waals surface area contributed by atoms with Gasteiger partial charge in [-0.15, -0.1) is 0 Å². The first kappa shape index (κ1) is 12.6. The van der Waals surface area contributed by atoms with Crippen LogP contribution in [0.3, 0.4) is 0 Å². The summed E-state index contributed by atoms with van der Waals surface area (Å²) >= 11 is 0. The second kappa shape index (κ2) is 4.69. The van der Waals surface area contributed by atoms with Gasteiger partial charge in [0.05, 0.1) is 0 Å². The third-order valence-electron chi connectivity index (χ3n) is 4.44. The smallest absolute Gasteiger partial charge is 0.0313 e. The fourth-order valence-electron chi connectivity index (χ4n) is 3.42. The Hall–Kier alpha value is -2.16. The molecule has 0 unspecified atom stereocenters. The maximum atomic E-state index is 6.32. The maximum Gasteiger partial charge on any atom is 0.0313 e. The van der Waals surface area contributed by atoms with E-state index in [9.17, 15) is 0 Å². The van der Waals surface area contributed by atoms with Crippen LogP contribution in [0.4, 0.5) is 0 Å². The van der Waals surface area contributed by atoms with Gasteiger partial charge >= 0.3 is 0 Å². The van der Waals surface area contributed by atoms with Gasteiger partial charge in [-0.05, 0) is 50.8 Å². The van der Waals surface area contributed by atoms with Crippen LogP contribution in [0.15, 0.2) is 54.6 Å². The molecule has 0 saturated heterocycles. The van der Waals surface area contributed by atoms with Gasteiger partial charge in [0.1, 0.15) is 0 Å². The van der Waals surface area contributed by atoms with Crippen molar-refractivity contribution >= 4 is 32.3 Å². The van der Waals surface area contributed by atoms with E-state index in [-0.39, 0.29) is 6.04 Å². The minimum atomic E-state index is -0.000400. The molecule has 0 bridgehead atoms. The summed E-state index contributed by atoms with van der Waals surface area (Å²) < 4.78 is 0. The lowest BCUT2D eigenvalue weighted by Gasteiger charge is -2.17. The van der Waals surface area contributed by atoms with E-state index in [2.05, 4.69) is 54.6 Å². The molecular formula is C19H18N2. The van der Waals surface area contributed by atoms with Crippen LogP contribution in [0.25, 0.3) is 32.3 Å². The molecule has 0 radical (unpaired) electrons. The van der Waals surface area contributed by atoms with E-state index in [1.165, 1.54) is 37.9 Å². The number of rotatable bonds is 3. The SMILES string of the molecule is NCC[C@H](N)c1ccc2ccc3cccc4ccc1c2c34. The maximum absolute atomic E-state index is 6.32. The molecule has 0 amide bonds. The Kier molecular flexibility index (Phi) is 2.81. The van der Waals surface area contributed by atoms with Crippen LogP contribution in [-0.4, -0.2) is 6.54 Å². The molecule has 2 heteroatoms. The summed E-state index contributed by atoms with van der Waals surface area (Å²) in [4.78, 5) is 0. The molecule has 104 valence electrons. The van der Waals surface area contributed by atoms with Gasteiger partial charge in [-0.3, -0.25) is 0 Å². The Morgan fingerprint density at radius 2 is 1.38 bits per heavy atom. The van der Waals surface area contributed by atoms with E-state index in [1.807, 2.05) is 0 Å². The summed E-state index contributed by atoms with van der Waals surface area (Å²) in [6, 6.07) is 19.6. The molecule has 0 aliphatic rings. The fraction of sp³-hybridized carbons (Fsp3) is 0.158. The Bertz CT molecular complexity index is 911. The molecule has 0 aliphatic carbocycles. The van der Waals surface area contributed by atoms with Crippen LogP contribution in [0.1, 0.15) is 18.0 Å². The summed E-state index contributed by atoms with van der Waals surface area (Å²) in [5.41, 5.74) is 13.2. The van der Waals surface area contributed by atoms with E-state index in [4.69, 9.17) is 11.5 Å². The molecular weight excluding hydrogens is 256 g/mol. The van der Waals surface area contributed by atoms with Crippen molar-refractivity contribution in [3.05, 3.63) is 60.2 Å². The van der Waals surface area contributed by atoms with Crippen molar-refractivity contribution in [3.8, 4) is 0 Å². The Morgan fingerprint density at radius 3 is 2.10 bits per heavy atom. The van der Waals surface area contributed by atoms with E-state index in [1.54, 1.807) is 0 Å². The van der Waals surface area contributed by atoms with Gasteiger partial charge in [-0.25, -0.2) is 0 Å². The first-order valence-electron chi connectivity index (χ1n) is 7.41. The minimum Gasteiger partial charge on any atom is -0.330 e. The van der Waals surface area contributed by atoms with Crippen molar-refractivity contribution in [1.29, 1.82) is 0 Å². The van der Waals surface area contributed by atoms with Crippen molar-refractivity contribution in [2.75, 3.05) is 6.54 Å². The van der Waals surface area contributed by atoms with Crippen LogP contribution < -0.4 is 11.5 Å². The second-order valence-electron chi connectivity index (χ2n) is 5.69. The largest absolute Gasteiger partial charge is 0.330 e. The van der Waals surface area contributed by atoms with Crippen molar-refractivity contribution in [2.45, 2.75) is 12.5 Å². The van der Waals surface area contributed by atoms with E-state index >= 15 is 0 Å². The molecule has 4 aromatic carbocycles. The number of hydrogen-bond acceptors (Lipinski definition) is 2. The Balaban J connectivity index is 2.15. The van der Waals surface area contributed by atoms with Gasteiger partial charge in [0.15, 0.2) is 0 Å². The molecule has 0 spiro atoms. The van der Waals surface area contributed by atoms with Crippen LogP contribution in [0.5, 0.6) is 0 Å². The van der Waals surface area contributed by atoms with Gasteiger partial charge in [0.2, 0.25) is 0 Å². The third kappa shape index (κ3) is 1.80. The third-order valence-corrected chi connectivity index (χ3v) is 4.44. The van der Waals surface area contributed by atoms with Gasteiger partial charge in [-0.2, -0.15) is 0 Å². The topological polar surface area (TPSA) is 52.0 Å². The molecule has 1 atom stereocenters. The van der Waals surface area contributed by atoms with Crippen LogP contribution in [0, 0.1) is 0 Å². The summed E-state index contributed by atoms with van der Waals surface area (Å²) in [7, 11) is 0. The normalized spacial score (nSPS) is 13.4. The molecule has 0 aliphatic heterocycles. The van der Waals surface area contributed by atoms with Crippen molar-refractivity contribution < 1.29 is 0 Å². The lowest BCUT2D eigenvalue weighted by atomic mass is 9.89. The molecule has 2 nitrogen and oxygen atoms in total. The monoisotopic (exact) mass is 274 g/mol. The minimum absolute atomic E-state index is 0.000400. The van der Waals surface area contributed by atoms with Gasteiger partial charge < -0.3 is 11.5 Å². The van der Waals surface area contributed by atoms with Gasteiger partial charge in [0.25, 0.3) is 0 Å². The molecule has 4 N–H and O–H groups in total. The highest BCUT2D eigenvalue weighted by Gasteiger charge is 2.13. The average Bonchev–Trinajstić information content (AvgIpc) is 2.52. The highest BCUT2D eigenvalue weighted by molar-refractivity contribution is 6.23. The van der Waals surface area contributed by atoms with Crippen molar-refractivity contribution in [3.63, 3.8) is 0 Å². The molecule has 0 fully saturated rings. The highest BCUT2D eigenvalue weighted by Crippen LogP contribution is 2.37. The lowest BCUT2D eigenvalue weighted by Crippen LogP contribution is -2.15. The quantitative estimate of drug-likeness (QED) is 0.556. The zero-order chi connectivity index (χ0) is 14.4. The number of benzene rings is 4. The summed E-state index contributed by atoms with van der Waals surface area (Å²) in [5.74, 6) is 0. The van der Waals surface area contributed by atoms with E-state index < -0.39 is 0 Å². The molecule has 0 heterocycles. The fourth-order valence-corrected chi connectivity index (χ4v) is 3.42. The Labute approximate surface area is 123 Å². The number of nitrogens with two attached hydrogens (primary N) is 2. The lowest BCUT2D eigenvalue weighted by molar-refractivity contribution is 0.666. The predicted molar refractivity (Wildman–Crippen MR) is 90.7 cm³/mol. The number of hydrogen-bond donors (Lipinski definition) is 2. The predicted octanol–water partition coefficient (Wildman–Crippen LogP) is 3.93. The van der Waals surface area contributed by atoms with Crippen molar-refractivity contribution in [1.82, 2.24) is 0 Å². The Morgan fingerprint density at radius 1 is 0.762 bits per heavy atom. The zero-order valence-corrected chi connectivity index (χ0v) is 11.8. The second-order valence-corrected chi connectivity index (χ2v) is 5.69.